The SMILES string of the molecule is CN(CC1CC(N)C1)C(=O)c1ccc(F)c(F)c1. The fourth-order valence-corrected chi connectivity index (χ4v) is 2.26. The predicted molar refractivity (Wildman–Crippen MR) is 64.0 cm³/mol. The van der Waals surface area contributed by atoms with Crippen molar-refractivity contribution in [1.29, 1.82) is 0 Å². The Morgan fingerprint density at radius 2 is 2.06 bits per heavy atom. The van der Waals surface area contributed by atoms with Crippen LogP contribution >= 0.6 is 0 Å². The van der Waals surface area contributed by atoms with Crippen LogP contribution in [-0.4, -0.2) is 30.4 Å². The van der Waals surface area contributed by atoms with Gasteiger partial charge < -0.3 is 10.6 Å². The first-order chi connectivity index (χ1) is 8.47. The first kappa shape index (κ1) is 13.0. The minimum atomic E-state index is -1.00. The minimum absolute atomic E-state index is 0.167. The molecule has 0 radical (unpaired) electrons. The first-order valence-corrected chi connectivity index (χ1v) is 5.93. The van der Waals surface area contributed by atoms with Gasteiger partial charge in [-0.3, -0.25) is 4.79 Å². The average molecular weight is 254 g/mol. The molecule has 0 saturated heterocycles. The lowest BCUT2D eigenvalue weighted by molar-refractivity contribution is 0.0733. The van der Waals surface area contributed by atoms with Gasteiger partial charge in [-0.25, -0.2) is 8.78 Å². The number of benzene rings is 1. The van der Waals surface area contributed by atoms with Gasteiger partial charge >= 0.3 is 0 Å². The van der Waals surface area contributed by atoms with Crippen LogP contribution in [0, 0.1) is 17.6 Å². The molecule has 1 fully saturated rings. The molecular weight excluding hydrogens is 238 g/mol. The number of halogens is 2. The molecule has 0 aromatic heterocycles. The minimum Gasteiger partial charge on any atom is -0.341 e. The monoisotopic (exact) mass is 254 g/mol. The van der Waals surface area contributed by atoms with E-state index in [-0.39, 0.29) is 17.5 Å². The number of carbonyl (C=O) groups is 1. The van der Waals surface area contributed by atoms with Gasteiger partial charge in [0.15, 0.2) is 11.6 Å². The van der Waals surface area contributed by atoms with Gasteiger partial charge in [-0.2, -0.15) is 0 Å². The standard InChI is InChI=1S/C13H16F2N2O/c1-17(7-8-4-10(16)5-8)13(18)9-2-3-11(14)12(15)6-9/h2-3,6,8,10H,4-5,7,16H2,1H3. The molecule has 5 heteroatoms. The summed E-state index contributed by atoms with van der Waals surface area (Å²) >= 11 is 0. The van der Waals surface area contributed by atoms with Crippen LogP contribution in [0.4, 0.5) is 8.78 Å². The van der Waals surface area contributed by atoms with Crippen LogP contribution in [0.2, 0.25) is 0 Å². The fourth-order valence-electron chi connectivity index (χ4n) is 2.26. The summed E-state index contributed by atoms with van der Waals surface area (Å²) in [5, 5.41) is 0. The molecule has 1 saturated carbocycles. The molecule has 1 aliphatic rings. The third kappa shape index (κ3) is 2.67. The molecule has 0 spiro atoms. The number of amides is 1. The summed E-state index contributed by atoms with van der Waals surface area (Å²) < 4.78 is 25.8. The van der Waals surface area contributed by atoms with Crippen molar-refractivity contribution in [3.63, 3.8) is 0 Å². The van der Waals surface area contributed by atoms with E-state index in [1.54, 1.807) is 7.05 Å². The second-order valence-corrected chi connectivity index (χ2v) is 4.91. The van der Waals surface area contributed by atoms with E-state index >= 15 is 0 Å². The van der Waals surface area contributed by atoms with Gasteiger partial charge in [0, 0.05) is 25.2 Å². The Labute approximate surface area is 105 Å². The maximum atomic E-state index is 13.0. The van der Waals surface area contributed by atoms with E-state index < -0.39 is 11.6 Å². The van der Waals surface area contributed by atoms with E-state index in [9.17, 15) is 13.6 Å². The number of rotatable bonds is 3. The smallest absolute Gasteiger partial charge is 0.253 e. The van der Waals surface area contributed by atoms with E-state index in [0.717, 1.165) is 25.0 Å². The summed E-state index contributed by atoms with van der Waals surface area (Å²) in [7, 11) is 1.66. The Morgan fingerprint density at radius 1 is 1.39 bits per heavy atom. The second-order valence-electron chi connectivity index (χ2n) is 4.91. The van der Waals surface area contributed by atoms with Crippen LogP contribution in [0.3, 0.4) is 0 Å². The lowest BCUT2D eigenvalue weighted by atomic mass is 9.80. The third-order valence-corrected chi connectivity index (χ3v) is 3.32. The zero-order chi connectivity index (χ0) is 13.3. The Morgan fingerprint density at radius 3 is 2.61 bits per heavy atom. The van der Waals surface area contributed by atoms with Crippen LogP contribution in [0.1, 0.15) is 23.2 Å². The largest absolute Gasteiger partial charge is 0.341 e. The second kappa shape index (κ2) is 5.02. The molecule has 1 aromatic rings. The van der Waals surface area contributed by atoms with Crippen molar-refractivity contribution >= 4 is 5.91 Å². The summed E-state index contributed by atoms with van der Waals surface area (Å²) in [4.78, 5) is 13.5. The van der Waals surface area contributed by atoms with Crippen molar-refractivity contribution in [2.24, 2.45) is 11.7 Å². The summed E-state index contributed by atoms with van der Waals surface area (Å²) in [5.41, 5.74) is 5.84. The van der Waals surface area contributed by atoms with E-state index in [4.69, 9.17) is 5.73 Å². The predicted octanol–water partition coefficient (Wildman–Crippen LogP) is 1.77. The van der Waals surface area contributed by atoms with Gasteiger partial charge in [-0.05, 0) is 37.0 Å². The molecule has 1 aromatic carbocycles. The molecule has 0 bridgehead atoms. The highest BCUT2D eigenvalue weighted by Crippen LogP contribution is 2.26. The summed E-state index contributed by atoms with van der Waals surface area (Å²) in [6.45, 7) is 0.603. The highest BCUT2D eigenvalue weighted by Gasteiger charge is 2.28. The van der Waals surface area contributed by atoms with Crippen LogP contribution < -0.4 is 5.73 Å². The number of hydrogen-bond acceptors (Lipinski definition) is 2. The molecule has 2 N–H and O–H groups in total. The lowest BCUT2D eigenvalue weighted by Crippen LogP contribution is -2.43. The Balaban J connectivity index is 1.99. The van der Waals surface area contributed by atoms with Crippen molar-refractivity contribution in [3.8, 4) is 0 Å². The van der Waals surface area contributed by atoms with Crippen molar-refractivity contribution in [2.45, 2.75) is 18.9 Å². The lowest BCUT2D eigenvalue weighted by Gasteiger charge is -2.35. The number of nitrogens with zero attached hydrogens (tertiary/aromatic N) is 1. The highest BCUT2D eigenvalue weighted by atomic mass is 19.2. The first-order valence-electron chi connectivity index (χ1n) is 5.93. The van der Waals surface area contributed by atoms with Crippen LogP contribution in [0.15, 0.2) is 18.2 Å². The molecule has 0 atom stereocenters. The van der Waals surface area contributed by atoms with E-state index in [0.29, 0.717) is 12.5 Å². The zero-order valence-electron chi connectivity index (χ0n) is 10.2. The summed E-state index contributed by atoms with van der Waals surface area (Å²) in [6, 6.07) is 3.43. The van der Waals surface area contributed by atoms with Crippen LogP contribution in [0.25, 0.3) is 0 Å². The number of hydrogen-bond donors (Lipinski definition) is 1. The summed E-state index contributed by atoms with van der Waals surface area (Å²) in [5.74, 6) is -1.83. The van der Waals surface area contributed by atoms with Gasteiger partial charge in [-0.15, -0.1) is 0 Å². The molecule has 0 unspecified atom stereocenters. The van der Waals surface area contributed by atoms with E-state index in [1.807, 2.05) is 0 Å². The Hall–Kier alpha value is -1.49. The van der Waals surface area contributed by atoms with Crippen LogP contribution in [-0.2, 0) is 0 Å². The van der Waals surface area contributed by atoms with E-state index in [2.05, 4.69) is 0 Å². The summed E-state index contributed by atoms with van der Waals surface area (Å²) in [6.07, 6.45) is 1.82. The van der Waals surface area contributed by atoms with Gasteiger partial charge in [0.2, 0.25) is 0 Å². The van der Waals surface area contributed by atoms with Crippen molar-refractivity contribution in [2.75, 3.05) is 13.6 Å². The molecule has 98 valence electrons. The molecule has 0 heterocycles. The topological polar surface area (TPSA) is 46.3 Å². The zero-order valence-corrected chi connectivity index (χ0v) is 10.2. The van der Waals surface area contributed by atoms with E-state index in [1.165, 1.54) is 11.0 Å². The number of nitrogens with two attached hydrogens (primary N) is 1. The quantitative estimate of drug-likeness (QED) is 0.893. The third-order valence-electron chi connectivity index (χ3n) is 3.32. The molecular formula is C13H16F2N2O. The molecule has 1 amide bonds. The number of carbonyl (C=O) groups excluding carboxylic acids is 1. The van der Waals surface area contributed by atoms with Crippen LogP contribution in [0.5, 0.6) is 0 Å². The van der Waals surface area contributed by atoms with Gasteiger partial charge in [-0.1, -0.05) is 0 Å². The van der Waals surface area contributed by atoms with Gasteiger partial charge in [0.25, 0.3) is 5.91 Å². The van der Waals surface area contributed by atoms with Crippen molar-refractivity contribution in [1.82, 2.24) is 4.90 Å². The normalized spacial score (nSPS) is 22.4. The Bertz CT molecular complexity index is 458. The van der Waals surface area contributed by atoms with Gasteiger partial charge in [0.05, 0.1) is 0 Å². The van der Waals surface area contributed by atoms with Crippen molar-refractivity contribution in [3.05, 3.63) is 35.4 Å². The van der Waals surface area contributed by atoms with Gasteiger partial charge in [0.1, 0.15) is 0 Å². The highest BCUT2D eigenvalue weighted by molar-refractivity contribution is 5.94. The fraction of sp³-hybridized carbons (Fsp3) is 0.462. The van der Waals surface area contributed by atoms with Crippen molar-refractivity contribution < 1.29 is 13.6 Å². The molecule has 0 aliphatic heterocycles. The molecule has 3 nitrogen and oxygen atoms in total. The molecule has 1 aliphatic carbocycles. The maximum Gasteiger partial charge on any atom is 0.253 e. The average Bonchev–Trinajstić information content (AvgIpc) is 2.29. The Kier molecular flexibility index (Phi) is 3.61. The maximum absolute atomic E-state index is 13.0. The molecule has 2 rings (SSSR count). The molecule has 18 heavy (non-hydrogen) atoms.